The predicted molar refractivity (Wildman–Crippen MR) is 180 cm³/mol. The van der Waals surface area contributed by atoms with Crippen molar-refractivity contribution in [3.05, 3.63) is 0 Å². The van der Waals surface area contributed by atoms with Gasteiger partial charge in [0.15, 0.2) is 5.96 Å². The highest BCUT2D eigenvalue weighted by Crippen LogP contribution is 2.18. The van der Waals surface area contributed by atoms with Crippen LogP contribution in [0.2, 0.25) is 0 Å². The molecule has 0 aromatic heterocycles. The monoisotopic (exact) mass is 697 g/mol. The first kappa shape index (κ1) is 44.2. The summed E-state index contributed by atoms with van der Waals surface area (Å²) in [4.78, 5) is 105. The van der Waals surface area contributed by atoms with Crippen molar-refractivity contribution in [3.63, 3.8) is 0 Å². The second-order valence-corrected chi connectivity index (χ2v) is 12.4. The summed E-state index contributed by atoms with van der Waals surface area (Å²) in [7, 11) is 6.93. The van der Waals surface area contributed by atoms with Gasteiger partial charge in [0.25, 0.3) is 0 Å². The average Bonchev–Trinajstić information content (AvgIpc) is 2.98. The van der Waals surface area contributed by atoms with E-state index in [1.165, 1.54) is 54.0 Å². The van der Waals surface area contributed by atoms with E-state index >= 15 is 0 Å². The van der Waals surface area contributed by atoms with Gasteiger partial charge in [0.1, 0.15) is 11.8 Å². The summed E-state index contributed by atoms with van der Waals surface area (Å²) in [6.07, 6.45) is 1.06. The summed E-state index contributed by atoms with van der Waals surface area (Å²) in [6.45, 7) is 3.32. The molecule has 0 spiro atoms. The summed E-state index contributed by atoms with van der Waals surface area (Å²) in [5.41, 5.74) is 9.74. The van der Waals surface area contributed by atoms with Crippen LogP contribution in [0.4, 0.5) is 0 Å². The SMILES string of the molecule is CC(=O)C[C@@](C)(CCCNC(=N)N)NC(=O)[C@H](C)NC(=O)CN(C)C(=O)CN(C)C(=O)CN(C)C(=O)CN(C)C(=O)CN(C)C(=O)CCN. The molecule has 7 amide bonds. The zero-order chi connectivity index (χ0) is 38.1. The summed E-state index contributed by atoms with van der Waals surface area (Å²) in [5, 5.41) is 15.2. The zero-order valence-corrected chi connectivity index (χ0v) is 30.0. The Morgan fingerprint density at radius 2 is 1.14 bits per heavy atom. The van der Waals surface area contributed by atoms with E-state index in [1.54, 1.807) is 6.92 Å². The molecule has 0 aromatic carbocycles. The first-order chi connectivity index (χ1) is 22.6. The van der Waals surface area contributed by atoms with Crippen LogP contribution in [0.5, 0.6) is 0 Å². The summed E-state index contributed by atoms with van der Waals surface area (Å²) < 4.78 is 0. The highest BCUT2D eigenvalue weighted by molar-refractivity contribution is 5.93. The molecule has 0 saturated carbocycles. The third kappa shape index (κ3) is 17.8. The van der Waals surface area contributed by atoms with E-state index in [4.69, 9.17) is 16.9 Å². The van der Waals surface area contributed by atoms with Crippen molar-refractivity contribution in [2.24, 2.45) is 11.5 Å². The van der Waals surface area contributed by atoms with Gasteiger partial charge in [0.2, 0.25) is 41.4 Å². The Labute approximate surface area is 287 Å². The summed E-state index contributed by atoms with van der Waals surface area (Å²) in [6, 6.07) is -0.996. The molecule has 0 unspecified atom stereocenters. The number of carbonyl (C=O) groups excluding carboxylic acids is 8. The number of likely N-dealkylation sites (N-methyl/N-ethyl adjacent to an activating group) is 5. The fourth-order valence-electron chi connectivity index (χ4n) is 4.47. The lowest BCUT2D eigenvalue weighted by Gasteiger charge is -2.32. The number of Topliss-reactive ketones (excluding diaryl/α,β-unsaturated/α-hetero) is 1. The Bertz CT molecular complexity index is 1230. The molecule has 0 aliphatic carbocycles. The summed E-state index contributed by atoms with van der Waals surface area (Å²) in [5.74, 6) is -3.98. The molecule has 19 heteroatoms. The van der Waals surface area contributed by atoms with Crippen LogP contribution >= 0.6 is 0 Å². The molecule has 49 heavy (non-hydrogen) atoms. The molecule has 0 aliphatic heterocycles. The number of nitrogens with zero attached hydrogens (tertiary/aromatic N) is 5. The Hall–Kier alpha value is -4.81. The Morgan fingerprint density at radius 1 is 0.735 bits per heavy atom. The number of carbonyl (C=O) groups is 8. The van der Waals surface area contributed by atoms with E-state index in [1.807, 2.05) is 0 Å². The van der Waals surface area contributed by atoms with Crippen molar-refractivity contribution in [2.45, 2.75) is 58.0 Å². The van der Waals surface area contributed by atoms with E-state index in [0.717, 1.165) is 19.6 Å². The molecular weight excluding hydrogens is 642 g/mol. The van der Waals surface area contributed by atoms with Crippen molar-refractivity contribution in [3.8, 4) is 0 Å². The maximum absolute atomic E-state index is 12.9. The molecule has 2 atom stereocenters. The molecule has 0 fully saturated rings. The molecule has 0 saturated heterocycles. The maximum Gasteiger partial charge on any atom is 0.242 e. The first-order valence-electron chi connectivity index (χ1n) is 15.7. The minimum atomic E-state index is -0.996. The van der Waals surface area contributed by atoms with Crippen LogP contribution < -0.4 is 27.4 Å². The van der Waals surface area contributed by atoms with E-state index in [9.17, 15) is 38.4 Å². The van der Waals surface area contributed by atoms with Gasteiger partial charge < -0.3 is 51.9 Å². The lowest BCUT2D eigenvalue weighted by Crippen LogP contribution is -2.55. The fourth-order valence-corrected chi connectivity index (χ4v) is 4.47. The van der Waals surface area contributed by atoms with Crippen LogP contribution in [-0.4, -0.2) is 170 Å². The average molecular weight is 698 g/mol. The molecule has 19 nitrogen and oxygen atoms in total. The fraction of sp³-hybridized carbons (Fsp3) is 0.700. The van der Waals surface area contributed by atoms with Gasteiger partial charge in [-0.3, -0.25) is 43.8 Å². The molecule has 278 valence electrons. The smallest absolute Gasteiger partial charge is 0.242 e. The van der Waals surface area contributed by atoms with Crippen LogP contribution in [0.3, 0.4) is 0 Å². The molecule has 0 aromatic rings. The van der Waals surface area contributed by atoms with Gasteiger partial charge >= 0.3 is 0 Å². The third-order valence-electron chi connectivity index (χ3n) is 7.41. The van der Waals surface area contributed by atoms with Crippen LogP contribution in [0.25, 0.3) is 0 Å². The van der Waals surface area contributed by atoms with Crippen LogP contribution in [0.15, 0.2) is 0 Å². The number of nitrogens with one attached hydrogen (secondary N) is 4. The number of guanidine groups is 1. The molecule has 0 radical (unpaired) electrons. The lowest BCUT2D eigenvalue weighted by atomic mass is 9.89. The molecule has 0 rings (SSSR count). The van der Waals surface area contributed by atoms with Crippen molar-refractivity contribution < 1.29 is 38.4 Å². The van der Waals surface area contributed by atoms with Crippen molar-refractivity contribution in [2.75, 3.05) is 81.1 Å². The van der Waals surface area contributed by atoms with Gasteiger partial charge in [0, 0.05) is 66.7 Å². The van der Waals surface area contributed by atoms with Crippen LogP contribution in [0, 0.1) is 5.41 Å². The van der Waals surface area contributed by atoms with E-state index in [2.05, 4.69) is 16.0 Å². The second-order valence-electron chi connectivity index (χ2n) is 12.4. The number of nitrogens with two attached hydrogens (primary N) is 2. The summed E-state index contributed by atoms with van der Waals surface area (Å²) >= 11 is 0. The Morgan fingerprint density at radius 3 is 1.53 bits per heavy atom. The van der Waals surface area contributed by atoms with E-state index in [-0.39, 0.29) is 56.7 Å². The lowest BCUT2D eigenvalue weighted by molar-refractivity contribution is -0.145. The minimum Gasteiger partial charge on any atom is -0.370 e. The highest BCUT2D eigenvalue weighted by atomic mass is 16.2. The number of hydrogen-bond acceptors (Lipinski definition) is 10. The van der Waals surface area contributed by atoms with Crippen molar-refractivity contribution in [1.82, 2.24) is 40.4 Å². The van der Waals surface area contributed by atoms with E-state index in [0.29, 0.717) is 19.4 Å². The number of amides is 7. The number of ketones is 1. The third-order valence-corrected chi connectivity index (χ3v) is 7.41. The topological polar surface area (TPSA) is 265 Å². The van der Waals surface area contributed by atoms with Gasteiger partial charge in [0.05, 0.1) is 32.7 Å². The molecule has 0 heterocycles. The Kier molecular flexibility index (Phi) is 19.1. The minimum absolute atomic E-state index is 0.0561. The molecule has 0 aliphatic rings. The molecule has 8 N–H and O–H groups in total. The van der Waals surface area contributed by atoms with Gasteiger partial charge in [-0.05, 0) is 33.6 Å². The molecule has 0 bridgehead atoms. The quantitative estimate of drug-likeness (QED) is 0.0385. The largest absolute Gasteiger partial charge is 0.370 e. The molecular formula is C30H55N11O8. The maximum atomic E-state index is 12.9. The van der Waals surface area contributed by atoms with Crippen LogP contribution in [-0.2, 0) is 38.4 Å². The van der Waals surface area contributed by atoms with Crippen molar-refractivity contribution in [1.29, 1.82) is 5.41 Å². The van der Waals surface area contributed by atoms with E-state index < -0.39 is 60.1 Å². The van der Waals surface area contributed by atoms with Gasteiger partial charge in [-0.1, -0.05) is 0 Å². The first-order valence-corrected chi connectivity index (χ1v) is 15.7. The van der Waals surface area contributed by atoms with Gasteiger partial charge in [-0.15, -0.1) is 0 Å². The van der Waals surface area contributed by atoms with Gasteiger partial charge in [-0.25, -0.2) is 0 Å². The number of rotatable bonds is 21. The standard InChI is InChI=1S/C30H55N11O8/c1-20(42)14-30(3,11-9-13-34-29(32)33)36-28(49)21(2)35-22(43)15-37(4)24(45)17-39(6)26(47)19-41(8)27(48)18-40(7)25(46)16-38(5)23(44)10-12-31/h21H,9-19,31H2,1-8H3,(H,35,43)(H,36,49)(H4,32,33,34)/t21-,30+/m0/s1. The Balaban J connectivity index is 4.91. The normalized spacial score (nSPS) is 12.3. The zero-order valence-electron chi connectivity index (χ0n) is 30.0. The predicted octanol–water partition coefficient (Wildman–Crippen LogP) is -3.75. The number of hydrogen-bond donors (Lipinski definition) is 6. The van der Waals surface area contributed by atoms with Gasteiger partial charge in [-0.2, -0.15) is 0 Å². The second kappa shape index (κ2) is 21.2. The van der Waals surface area contributed by atoms with Crippen molar-refractivity contribution >= 4 is 53.1 Å². The highest BCUT2D eigenvalue weighted by Gasteiger charge is 2.30. The van der Waals surface area contributed by atoms with Crippen LogP contribution in [0.1, 0.15) is 46.5 Å².